The van der Waals surface area contributed by atoms with Crippen molar-refractivity contribution in [2.24, 2.45) is 5.73 Å². The van der Waals surface area contributed by atoms with Crippen LogP contribution in [0.15, 0.2) is 18.5 Å². The summed E-state index contributed by atoms with van der Waals surface area (Å²) in [6, 6.07) is 0.161. The number of halogens is 1. The highest BCUT2D eigenvalue weighted by atomic mass is 35.5. The van der Waals surface area contributed by atoms with Gasteiger partial charge in [0.15, 0.2) is 0 Å². The Hall–Kier alpha value is -2.15. The number of carbonyl (C=O) groups excluding carboxylic acids is 2. The number of carboxylic acid groups (broad SMARTS) is 1. The fourth-order valence-electron chi connectivity index (χ4n) is 1.34. The van der Waals surface area contributed by atoms with Crippen molar-refractivity contribution in [1.29, 1.82) is 0 Å². The largest absolute Gasteiger partial charge is 0.480 e. The lowest BCUT2D eigenvalue weighted by Crippen LogP contribution is -2.41. The van der Waals surface area contributed by atoms with Gasteiger partial charge in [-0.15, -0.1) is 0 Å². The monoisotopic (exact) mass is 285 g/mol. The quantitative estimate of drug-likeness (QED) is 0.688. The van der Waals surface area contributed by atoms with Gasteiger partial charge in [-0.1, -0.05) is 11.6 Å². The van der Waals surface area contributed by atoms with Crippen LogP contribution in [0.3, 0.4) is 0 Å². The van der Waals surface area contributed by atoms with Gasteiger partial charge in [-0.05, 0) is 12.5 Å². The molecule has 0 aromatic carbocycles. The molecule has 102 valence electrons. The summed E-state index contributed by atoms with van der Waals surface area (Å²) in [4.78, 5) is 37.1. The van der Waals surface area contributed by atoms with E-state index < -0.39 is 23.8 Å². The van der Waals surface area contributed by atoms with Gasteiger partial charge in [-0.2, -0.15) is 0 Å². The molecule has 7 nitrogen and oxygen atoms in total. The van der Waals surface area contributed by atoms with E-state index in [1.165, 1.54) is 18.5 Å². The molecule has 2 amide bonds. The first kappa shape index (κ1) is 14.9. The van der Waals surface area contributed by atoms with Gasteiger partial charge in [0.25, 0.3) is 5.91 Å². The number of hydrogen-bond donors (Lipinski definition) is 3. The number of pyridine rings is 1. The van der Waals surface area contributed by atoms with E-state index in [2.05, 4.69) is 10.3 Å². The van der Waals surface area contributed by atoms with Crippen LogP contribution in [0.2, 0.25) is 5.02 Å². The van der Waals surface area contributed by atoms with Crippen molar-refractivity contribution in [3.05, 3.63) is 29.0 Å². The van der Waals surface area contributed by atoms with Gasteiger partial charge < -0.3 is 16.2 Å². The molecule has 4 N–H and O–H groups in total. The molecular weight excluding hydrogens is 274 g/mol. The molecule has 1 atom stereocenters. The molecule has 8 heteroatoms. The third-order valence-electron chi connectivity index (χ3n) is 2.30. The Balaban J connectivity index is 2.74. The van der Waals surface area contributed by atoms with Crippen LogP contribution in [0.5, 0.6) is 0 Å². The molecule has 0 aliphatic heterocycles. The summed E-state index contributed by atoms with van der Waals surface area (Å²) < 4.78 is 0. The Morgan fingerprint density at radius 1 is 1.47 bits per heavy atom. The Morgan fingerprint density at radius 3 is 2.68 bits per heavy atom. The lowest BCUT2D eigenvalue weighted by atomic mass is 10.1. The molecule has 0 saturated carbocycles. The average Bonchev–Trinajstić information content (AvgIpc) is 2.34. The molecule has 0 aliphatic carbocycles. The molecule has 0 spiro atoms. The minimum Gasteiger partial charge on any atom is -0.480 e. The van der Waals surface area contributed by atoms with Gasteiger partial charge in [0.2, 0.25) is 5.91 Å². The van der Waals surface area contributed by atoms with Crippen molar-refractivity contribution in [3.63, 3.8) is 0 Å². The highest BCUT2D eigenvalue weighted by Crippen LogP contribution is 2.13. The molecule has 0 aliphatic rings. The molecule has 0 unspecified atom stereocenters. The summed E-state index contributed by atoms with van der Waals surface area (Å²) in [6.07, 6.45) is 2.41. The third-order valence-corrected chi connectivity index (χ3v) is 2.60. The molecule has 1 heterocycles. The molecule has 19 heavy (non-hydrogen) atoms. The Kier molecular flexibility index (Phi) is 5.25. The van der Waals surface area contributed by atoms with Crippen LogP contribution in [0.25, 0.3) is 0 Å². The Morgan fingerprint density at radius 2 is 2.16 bits per heavy atom. The van der Waals surface area contributed by atoms with Gasteiger partial charge in [0, 0.05) is 18.8 Å². The van der Waals surface area contributed by atoms with E-state index in [-0.39, 0.29) is 23.4 Å². The number of hydrogen-bond acceptors (Lipinski definition) is 4. The number of aliphatic carboxylic acids is 1. The summed E-state index contributed by atoms with van der Waals surface area (Å²) in [5.41, 5.74) is 5.05. The highest BCUT2D eigenvalue weighted by Gasteiger charge is 2.22. The third kappa shape index (κ3) is 4.55. The van der Waals surface area contributed by atoms with Crippen LogP contribution < -0.4 is 11.1 Å². The number of amides is 2. The van der Waals surface area contributed by atoms with E-state index in [0.717, 1.165) is 0 Å². The topological polar surface area (TPSA) is 122 Å². The number of rotatable bonds is 6. The molecule has 0 radical (unpaired) electrons. The van der Waals surface area contributed by atoms with E-state index in [1.807, 2.05) is 0 Å². The van der Waals surface area contributed by atoms with E-state index in [0.29, 0.717) is 0 Å². The zero-order valence-corrected chi connectivity index (χ0v) is 10.6. The van der Waals surface area contributed by atoms with Crippen molar-refractivity contribution >= 4 is 29.4 Å². The number of primary amides is 1. The van der Waals surface area contributed by atoms with E-state index >= 15 is 0 Å². The number of nitrogens with two attached hydrogens (primary N) is 1. The fourth-order valence-corrected chi connectivity index (χ4v) is 1.54. The van der Waals surface area contributed by atoms with Gasteiger partial charge in [-0.25, -0.2) is 4.79 Å². The molecule has 0 bridgehead atoms. The normalized spacial score (nSPS) is 11.6. The smallest absolute Gasteiger partial charge is 0.326 e. The second-order valence-electron chi connectivity index (χ2n) is 3.72. The second-order valence-corrected chi connectivity index (χ2v) is 4.13. The number of carboxylic acids is 1. The zero-order valence-electron chi connectivity index (χ0n) is 9.80. The minimum absolute atomic E-state index is 0.0842. The van der Waals surface area contributed by atoms with Gasteiger partial charge >= 0.3 is 5.97 Å². The number of nitrogens with zero attached hydrogens (tertiary/aromatic N) is 1. The van der Waals surface area contributed by atoms with E-state index in [9.17, 15) is 14.4 Å². The van der Waals surface area contributed by atoms with Crippen LogP contribution in [-0.2, 0) is 9.59 Å². The zero-order chi connectivity index (χ0) is 14.4. The van der Waals surface area contributed by atoms with Crippen LogP contribution in [0, 0.1) is 0 Å². The standard InChI is InChI=1S/C11H12ClN3O4/c12-7-5-14-4-3-6(7)10(17)15-8(11(18)19)1-2-9(13)16/h3-5,8H,1-2H2,(H2,13,16)(H,15,17)(H,18,19)/t8-/m0/s1. The van der Waals surface area contributed by atoms with Crippen molar-refractivity contribution in [2.45, 2.75) is 18.9 Å². The molecule has 1 rings (SSSR count). The highest BCUT2D eigenvalue weighted by molar-refractivity contribution is 6.33. The Bertz CT molecular complexity index is 506. The van der Waals surface area contributed by atoms with Crippen molar-refractivity contribution < 1.29 is 19.5 Å². The fraction of sp³-hybridized carbons (Fsp3) is 0.273. The summed E-state index contributed by atoms with van der Waals surface area (Å²) in [6.45, 7) is 0. The van der Waals surface area contributed by atoms with Gasteiger partial charge in [0.05, 0.1) is 10.6 Å². The van der Waals surface area contributed by atoms with E-state index in [1.54, 1.807) is 0 Å². The summed E-state index contributed by atoms with van der Waals surface area (Å²) in [5.74, 6) is -2.54. The SMILES string of the molecule is NC(=O)CC[C@H](NC(=O)c1ccncc1Cl)C(=O)O. The number of carbonyl (C=O) groups is 3. The summed E-state index contributed by atoms with van der Waals surface area (Å²) in [7, 11) is 0. The molecule has 0 fully saturated rings. The second kappa shape index (κ2) is 6.69. The van der Waals surface area contributed by atoms with Crippen molar-refractivity contribution in [3.8, 4) is 0 Å². The first-order chi connectivity index (χ1) is 8.91. The van der Waals surface area contributed by atoms with Crippen molar-refractivity contribution in [1.82, 2.24) is 10.3 Å². The average molecular weight is 286 g/mol. The maximum Gasteiger partial charge on any atom is 0.326 e. The first-order valence-electron chi connectivity index (χ1n) is 5.33. The first-order valence-corrected chi connectivity index (χ1v) is 5.71. The van der Waals surface area contributed by atoms with Crippen LogP contribution in [-0.4, -0.2) is 33.9 Å². The molecule has 0 saturated heterocycles. The Labute approximate surface area is 113 Å². The van der Waals surface area contributed by atoms with Crippen molar-refractivity contribution in [2.75, 3.05) is 0 Å². The van der Waals surface area contributed by atoms with Crippen LogP contribution in [0.4, 0.5) is 0 Å². The molecule has 1 aromatic rings. The lowest BCUT2D eigenvalue weighted by Gasteiger charge is -2.14. The minimum atomic E-state index is -1.25. The van der Waals surface area contributed by atoms with Gasteiger partial charge in [0.1, 0.15) is 6.04 Å². The number of aromatic nitrogens is 1. The van der Waals surface area contributed by atoms with E-state index in [4.69, 9.17) is 22.4 Å². The van der Waals surface area contributed by atoms with Crippen LogP contribution in [0.1, 0.15) is 23.2 Å². The van der Waals surface area contributed by atoms with Gasteiger partial charge in [-0.3, -0.25) is 14.6 Å². The summed E-state index contributed by atoms with van der Waals surface area (Å²) in [5, 5.41) is 11.3. The number of nitrogens with one attached hydrogen (secondary N) is 1. The molecular formula is C11H12ClN3O4. The predicted octanol–water partition coefficient (Wildman–Crippen LogP) is 0.183. The predicted molar refractivity (Wildman–Crippen MR) is 66.6 cm³/mol. The molecule has 1 aromatic heterocycles. The van der Waals surface area contributed by atoms with Crippen LogP contribution >= 0.6 is 11.6 Å². The maximum absolute atomic E-state index is 11.8. The lowest BCUT2D eigenvalue weighted by molar-refractivity contribution is -0.139. The maximum atomic E-state index is 11.8. The summed E-state index contributed by atoms with van der Waals surface area (Å²) >= 11 is 5.76.